The third kappa shape index (κ3) is 1.95. The predicted octanol–water partition coefficient (Wildman–Crippen LogP) is 0.638. The van der Waals surface area contributed by atoms with Crippen LogP contribution in [0.3, 0.4) is 0 Å². The first-order chi connectivity index (χ1) is 7.24. The molecular formula is C11H19N3O. The summed E-state index contributed by atoms with van der Waals surface area (Å²) in [4.78, 5) is 2.26. The summed E-state index contributed by atoms with van der Waals surface area (Å²) >= 11 is 0. The number of aliphatic hydroxyl groups is 1. The first-order valence-corrected chi connectivity index (χ1v) is 5.78. The molecule has 0 radical (unpaired) electrons. The van der Waals surface area contributed by atoms with E-state index >= 15 is 0 Å². The number of likely N-dealkylation sites (N-methyl/N-ethyl adjacent to an activating group) is 1. The van der Waals surface area contributed by atoms with E-state index in [0.717, 1.165) is 12.3 Å². The number of nitriles is 1. The second-order valence-corrected chi connectivity index (χ2v) is 4.78. The molecule has 15 heavy (non-hydrogen) atoms. The topological polar surface area (TPSA) is 59.3 Å². The van der Waals surface area contributed by atoms with Crippen molar-refractivity contribution >= 4 is 0 Å². The molecule has 4 atom stereocenters. The lowest BCUT2D eigenvalue weighted by molar-refractivity contribution is 0.0558. The van der Waals surface area contributed by atoms with Gasteiger partial charge in [-0.15, -0.1) is 0 Å². The van der Waals surface area contributed by atoms with Crippen LogP contribution in [0, 0.1) is 17.4 Å². The number of hydrogen-bond acceptors (Lipinski definition) is 4. The maximum atomic E-state index is 9.79. The summed E-state index contributed by atoms with van der Waals surface area (Å²) in [5.74, 6) is 0.726. The molecule has 0 bridgehead atoms. The molecule has 84 valence electrons. The Kier molecular flexibility index (Phi) is 3.13. The normalized spacial score (nSPS) is 38.1. The van der Waals surface area contributed by atoms with Crippen LogP contribution in [-0.2, 0) is 0 Å². The summed E-state index contributed by atoms with van der Waals surface area (Å²) < 4.78 is 0. The van der Waals surface area contributed by atoms with Crippen LogP contribution in [0.25, 0.3) is 0 Å². The molecule has 4 nitrogen and oxygen atoms in total. The summed E-state index contributed by atoms with van der Waals surface area (Å²) in [6.45, 7) is 0. The van der Waals surface area contributed by atoms with E-state index in [1.54, 1.807) is 0 Å². The summed E-state index contributed by atoms with van der Waals surface area (Å²) in [6.07, 6.45) is 7.30. The zero-order valence-corrected chi connectivity index (χ0v) is 9.19. The highest BCUT2D eigenvalue weighted by molar-refractivity contribution is 4.97. The van der Waals surface area contributed by atoms with Crippen molar-refractivity contribution in [2.75, 3.05) is 7.05 Å². The van der Waals surface area contributed by atoms with E-state index in [0.29, 0.717) is 6.04 Å². The quantitative estimate of drug-likeness (QED) is 0.398. The molecule has 2 rings (SSSR count). The van der Waals surface area contributed by atoms with Gasteiger partial charge in [-0.2, -0.15) is 5.26 Å². The van der Waals surface area contributed by atoms with Gasteiger partial charge in [0.05, 0.1) is 6.04 Å². The van der Waals surface area contributed by atoms with Crippen LogP contribution in [0.15, 0.2) is 0 Å². The van der Waals surface area contributed by atoms with Crippen molar-refractivity contribution < 1.29 is 5.11 Å². The third-order valence-electron chi connectivity index (χ3n) is 4.04. The molecule has 2 N–H and O–H groups in total. The zero-order chi connectivity index (χ0) is 10.8. The number of hydrogen-bond donors (Lipinski definition) is 2. The first kappa shape index (κ1) is 10.7. The van der Waals surface area contributed by atoms with Gasteiger partial charge >= 0.3 is 0 Å². The molecule has 0 spiro atoms. The van der Waals surface area contributed by atoms with Gasteiger partial charge < -0.3 is 5.11 Å². The van der Waals surface area contributed by atoms with Crippen molar-refractivity contribution in [1.82, 2.24) is 10.2 Å². The average molecular weight is 209 g/mol. The molecule has 1 aliphatic heterocycles. The summed E-state index contributed by atoms with van der Waals surface area (Å²) in [5.41, 5.74) is 0. The fourth-order valence-electron chi connectivity index (χ4n) is 3.24. The first-order valence-electron chi connectivity index (χ1n) is 5.78. The van der Waals surface area contributed by atoms with Gasteiger partial charge in [-0.05, 0) is 32.2 Å². The van der Waals surface area contributed by atoms with Crippen LogP contribution < -0.4 is 5.32 Å². The lowest BCUT2D eigenvalue weighted by Crippen LogP contribution is -2.46. The molecule has 1 heterocycles. The Labute approximate surface area is 90.9 Å². The minimum absolute atomic E-state index is 0.109. The lowest BCUT2D eigenvalue weighted by Gasteiger charge is -2.31. The Bertz CT molecular complexity index is 263. The Balaban J connectivity index is 2.01. The fraction of sp³-hybridized carbons (Fsp3) is 0.909. The maximum Gasteiger partial charge on any atom is 0.178 e. The van der Waals surface area contributed by atoms with Crippen LogP contribution in [0.2, 0.25) is 0 Å². The van der Waals surface area contributed by atoms with Gasteiger partial charge in [-0.3, -0.25) is 10.2 Å². The largest absolute Gasteiger partial charge is 0.371 e. The lowest BCUT2D eigenvalue weighted by atomic mass is 9.85. The standard InChI is InChI=1S/C11H19N3O/c1-14-9-5-3-2-4-8(9)6-10(14)11(15)13-7-12/h8-11,13,15H,2-6H2,1H3. The van der Waals surface area contributed by atoms with Crippen molar-refractivity contribution in [1.29, 1.82) is 5.26 Å². The monoisotopic (exact) mass is 209 g/mol. The van der Waals surface area contributed by atoms with E-state index in [-0.39, 0.29) is 6.04 Å². The Hall–Kier alpha value is -0.790. The number of likely N-dealkylation sites (tertiary alicyclic amines) is 1. The van der Waals surface area contributed by atoms with Gasteiger partial charge in [0, 0.05) is 6.04 Å². The van der Waals surface area contributed by atoms with E-state index in [2.05, 4.69) is 17.3 Å². The molecule has 0 aromatic rings. The molecule has 4 heteroatoms. The minimum Gasteiger partial charge on any atom is -0.371 e. The van der Waals surface area contributed by atoms with Gasteiger partial charge in [-0.25, -0.2) is 0 Å². The number of rotatable bonds is 2. The number of nitrogens with one attached hydrogen (secondary N) is 1. The summed E-state index contributed by atoms with van der Waals surface area (Å²) in [7, 11) is 2.07. The molecule has 0 aromatic carbocycles. The molecule has 2 aliphatic rings. The minimum atomic E-state index is -0.703. The molecular weight excluding hydrogens is 190 g/mol. The predicted molar refractivity (Wildman–Crippen MR) is 56.7 cm³/mol. The molecule has 1 aliphatic carbocycles. The Morgan fingerprint density at radius 3 is 2.87 bits per heavy atom. The van der Waals surface area contributed by atoms with Crippen molar-refractivity contribution in [3.63, 3.8) is 0 Å². The van der Waals surface area contributed by atoms with E-state index in [1.165, 1.54) is 25.7 Å². The van der Waals surface area contributed by atoms with E-state index in [1.807, 2.05) is 6.19 Å². The van der Waals surface area contributed by atoms with Gasteiger partial charge in [-0.1, -0.05) is 12.8 Å². The molecule has 1 saturated heterocycles. The Morgan fingerprint density at radius 2 is 2.20 bits per heavy atom. The van der Waals surface area contributed by atoms with Gasteiger partial charge in [0.15, 0.2) is 6.19 Å². The number of fused-ring (bicyclic) bond motifs is 1. The summed E-state index contributed by atoms with van der Waals surface area (Å²) in [6, 6.07) is 0.733. The van der Waals surface area contributed by atoms with Crippen molar-refractivity contribution in [3.05, 3.63) is 0 Å². The van der Waals surface area contributed by atoms with E-state index in [4.69, 9.17) is 5.26 Å². The van der Waals surface area contributed by atoms with Crippen molar-refractivity contribution in [2.24, 2.45) is 5.92 Å². The summed E-state index contributed by atoms with van der Waals surface area (Å²) in [5, 5.41) is 20.7. The van der Waals surface area contributed by atoms with Crippen LogP contribution in [-0.4, -0.2) is 35.4 Å². The number of aliphatic hydroxyl groups excluding tert-OH is 1. The van der Waals surface area contributed by atoms with Crippen LogP contribution >= 0.6 is 0 Å². The van der Waals surface area contributed by atoms with Crippen LogP contribution in [0.4, 0.5) is 0 Å². The Morgan fingerprint density at radius 1 is 1.47 bits per heavy atom. The molecule has 2 fully saturated rings. The highest BCUT2D eigenvalue weighted by atomic mass is 16.3. The highest BCUT2D eigenvalue weighted by Gasteiger charge is 2.42. The van der Waals surface area contributed by atoms with Gasteiger partial charge in [0.25, 0.3) is 0 Å². The van der Waals surface area contributed by atoms with E-state index < -0.39 is 6.23 Å². The average Bonchev–Trinajstić information content (AvgIpc) is 2.57. The smallest absolute Gasteiger partial charge is 0.178 e. The second-order valence-electron chi connectivity index (χ2n) is 4.78. The van der Waals surface area contributed by atoms with Crippen molar-refractivity contribution in [3.8, 4) is 6.19 Å². The molecule has 0 amide bonds. The zero-order valence-electron chi connectivity index (χ0n) is 9.19. The molecule has 4 unspecified atom stereocenters. The number of nitrogens with zero attached hydrogens (tertiary/aromatic N) is 2. The SMILES string of the molecule is CN1C2CCCCC2CC1C(O)NC#N. The maximum absolute atomic E-state index is 9.79. The highest BCUT2D eigenvalue weighted by Crippen LogP contribution is 2.39. The van der Waals surface area contributed by atoms with Crippen LogP contribution in [0.1, 0.15) is 32.1 Å². The molecule has 0 aromatic heterocycles. The van der Waals surface area contributed by atoms with E-state index in [9.17, 15) is 5.11 Å². The van der Waals surface area contributed by atoms with Gasteiger partial charge in [0.1, 0.15) is 6.23 Å². The van der Waals surface area contributed by atoms with Crippen LogP contribution in [0.5, 0.6) is 0 Å². The van der Waals surface area contributed by atoms with Crippen molar-refractivity contribution in [2.45, 2.75) is 50.4 Å². The third-order valence-corrected chi connectivity index (χ3v) is 4.04. The van der Waals surface area contributed by atoms with Gasteiger partial charge in [0.2, 0.25) is 0 Å². The molecule has 1 saturated carbocycles. The fourth-order valence-corrected chi connectivity index (χ4v) is 3.24. The second kappa shape index (κ2) is 4.38.